The van der Waals surface area contributed by atoms with Crippen LogP contribution < -0.4 is 9.64 Å². The number of hydrogen-bond acceptors (Lipinski definition) is 10. The lowest BCUT2D eigenvalue weighted by Crippen LogP contribution is -2.38. The molecular weight excluding hydrogens is 477 g/mol. The average Bonchev–Trinajstić information content (AvgIpc) is 3.54. The summed E-state index contributed by atoms with van der Waals surface area (Å²) in [5.74, 6) is 0.845. The quantitative estimate of drug-likeness (QED) is 0.258. The molecule has 0 aliphatic carbocycles. The first-order valence-corrected chi connectivity index (χ1v) is 13.3. The minimum absolute atomic E-state index is 0.00659. The molecule has 0 unspecified atom stereocenters. The van der Waals surface area contributed by atoms with Gasteiger partial charge in [0.2, 0.25) is 10.9 Å². The van der Waals surface area contributed by atoms with Gasteiger partial charge in [0.1, 0.15) is 6.10 Å². The predicted molar refractivity (Wildman–Crippen MR) is 129 cm³/mol. The summed E-state index contributed by atoms with van der Waals surface area (Å²) in [4.78, 5) is 15.8. The molecule has 1 fully saturated rings. The van der Waals surface area contributed by atoms with Gasteiger partial charge >= 0.3 is 6.01 Å². The Labute approximate surface area is 204 Å². The second-order valence-electron chi connectivity index (χ2n) is 8.65. The number of nitrogens with zero attached hydrogens (tertiary/aromatic N) is 7. The Morgan fingerprint density at radius 2 is 1.97 bits per heavy atom. The lowest BCUT2D eigenvalue weighted by molar-refractivity contribution is 0.130. The zero-order chi connectivity index (χ0) is 23.8. The third-order valence-corrected chi connectivity index (χ3v) is 7.50. The molecule has 1 saturated heterocycles. The van der Waals surface area contributed by atoms with Crippen LogP contribution >= 0.6 is 23.1 Å². The molecule has 1 aliphatic rings. The summed E-state index contributed by atoms with van der Waals surface area (Å²) >= 11 is 2.75. The Kier molecular flexibility index (Phi) is 6.43. The highest BCUT2D eigenvalue weighted by atomic mass is 32.2. The summed E-state index contributed by atoms with van der Waals surface area (Å²) in [7, 11) is 0. The Balaban J connectivity index is 1.20. The maximum atomic E-state index is 14.4. The van der Waals surface area contributed by atoms with E-state index in [1.165, 1.54) is 23.1 Å². The standard InChI is InChI=1S/C22H26FN7O2S2/c1-12(2)19-26-20(32-28-19)29-9-7-14(8-10-29)13(3)31-22-27-30-11-16(24-21(30)34-22)15-5-6-17(33-4)25-18(15)23/h5-6,11-14H,7-10H2,1-4H3/t13-/m0/s1. The van der Waals surface area contributed by atoms with Crippen LogP contribution in [-0.2, 0) is 0 Å². The minimum Gasteiger partial charge on any atom is -0.466 e. The third kappa shape index (κ3) is 4.61. The number of anilines is 1. The lowest BCUT2D eigenvalue weighted by atomic mass is 9.92. The van der Waals surface area contributed by atoms with E-state index in [1.54, 1.807) is 22.8 Å². The van der Waals surface area contributed by atoms with Gasteiger partial charge in [-0.2, -0.15) is 9.37 Å². The van der Waals surface area contributed by atoms with E-state index in [-0.39, 0.29) is 12.0 Å². The molecule has 34 heavy (non-hydrogen) atoms. The Bertz CT molecular complexity index is 1250. The predicted octanol–water partition coefficient (Wildman–Crippen LogP) is 4.90. The van der Waals surface area contributed by atoms with Crippen molar-refractivity contribution in [3.8, 4) is 16.5 Å². The highest BCUT2D eigenvalue weighted by Crippen LogP contribution is 2.31. The van der Waals surface area contributed by atoms with Crippen molar-refractivity contribution in [3.05, 3.63) is 30.1 Å². The van der Waals surface area contributed by atoms with Gasteiger partial charge in [-0.25, -0.2) is 14.5 Å². The van der Waals surface area contributed by atoms with Gasteiger partial charge in [0, 0.05) is 19.0 Å². The van der Waals surface area contributed by atoms with Crippen molar-refractivity contribution in [2.75, 3.05) is 24.2 Å². The molecule has 0 radical (unpaired) electrons. The molecule has 0 spiro atoms. The highest BCUT2D eigenvalue weighted by Gasteiger charge is 2.28. The fraction of sp³-hybridized carbons (Fsp3) is 0.500. The molecule has 0 bridgehead atoms. The molecule has 1 atom stereocenters. The van der Waals surface area contributed by atoms with E-state index in [9.17, 15) is 4.39 Å². The zero-order valence-corrected chi connectivity index (χ0v) is 21.1. The number of thioether (sulfide) groups is 1. The molecule has 4 aromatic heterocycles. The Hall–Kier alpha value is -2.73. The molecule has 9 nitrogen and oxygen atoms in total. The topological polar surface area (TPSA) is 94.5 Å². The van der Waals surface area contributed by atoms with Gasteiger partial charge in [-0.3, -0.25) is 0 Å². The van der Waals surface area contributed by atoms with Crippen LogP contribution in [0.3, 0.4) is 0 Å². The van der Waals surface area contributed by atoms with Gasteiger partial charge in [-0.15, -0.1) is 16.9 Å². The number of aromatic nitrogens is 6. The van der Waals surface area contributed by atoms with Crippen molar-refractivity contribution in [1.29, 1.82) is 0 Å². The number of imidazole rings is 1. The number of rotatable bonds is 7. The maximum Gasteiger partial charge on any atom is 0.324 e. The molecule has 180 valence electrons. The number of hydrogen-bond donors (Lipinski definition) is 0. The fourth-order valence-electron chi connectivity index (χ4n) is 3.99. The Morgan fingerprint density at radius 3 is 2.62 bits per heavy atom. The van der Waals surface area contributed by atoms with Gasteiger partial charge in [0.05, 0.1) is 22.5 Å². The largest absolute Gasteiger partial charge is 0.466 e. The summed E-state index contributed by atoms with van der Waals surface area (Å²) in [5, 5.41) is 9.75. The molecule has 0 saturated carbocycles. The molecule has 12 heteroatoms. The van der Waals surface area contributed by atoms with Crippen LogP contribution in [0, 0.1) is 11.9 Å². The fourth-order valence-corrected chi connectivity index (χ4v) is 5.18. The van der Waals surface area contributed by atoms with Crippen LogP contribution in [0.15, 0.2) is 27.9 Å². The van der Waals surface area contributed by atoms with Crippen LogP contribution in [-0.4, -0.2) is 55.2 Å². The van der Waals surface area contributed by atoms with Crippen molar-refractivity contribution in [1.82, 2.24) is 29.7 Å². The van der Waals surface area contributed by atoms with Gasteiger partial charge in [0.15, 0.2) is 5.82 Å². The minimum atomic E-state index is -0.532. The summed E-state index contributed by atoms with van der Waals surface area (Å²) < 4.78 is 27.6. The van der Waals surface area contributed by atoms with Gasteiger partial charge in [-0.1, -0.05) is 19.0 Å². The molecule has 1 aliphatic heterocycles. The van der Waals surface area contributed by atoms with E-state index in [0.29, 0.717) is 38.4 Å². The smallest absolute Gasteiger partial charge is 0.324 e. The number of piperidine rings is 1. The van der Waals surface area contributed by atoms with Gasteiger partial charge < -0.3 is 14.2 Å². The van der Waals surface area contributed by atoms with Crippen LogP contribution in [0.4, 0.5) is 10.4 Å². The average molecular weight is 504 g/mol. The van der Waals surface area contributed by atoms with E-state index in [0.717, 1.165) is 31.8 Å². The number of halogens is 1. The third-order valence-electron chi connectivity index (χ3n) is 6.04. The Morgan fingerprint density at radius 1 is 1.18 bits per heavy atom. The normalized spacial score (nSPS) is 16.0. The van der Waals surface area contributed by atoms with E-state index in [2.05, 4.69) is 50.9 Å². The first kappa shape index (κ1) is 23.0. The first-order chi connectivity index (χ1) is 16.4. The SMILES string of the molecule is CSc1ccc(-c2cn3nc(O[C@@H](C)C4CCN(c5nc(C(C)C)no5)CC4)sc3n2)c(F)n1. The second-order valence-corrected chi connectivity index (χ2v) is 10.4. The molecule has 5 rings (SSSR count). The van der Waals surface area contributed by atoms with Gasteiger partial charge in [-0.05, 0) is 55.4 Å². The van der Waals surface area contributed by atoms with Crippen molar-refractivity contribution in [3.63, 3.8) is 0 Å². The number of pyridine rings is 1. The molecule has 0 amide bonds. The molecule has 0 N–H and O–H groups in total. The van der Waals surface area contributed by atoms with Crippen molar-refractivity contribution < 1.29 is 13.7 Å². The summed E-state index contributed by atoms with van der Waals surface area (Å²) in [6.45, 7) is 7.87. The van der Waals surface area contributed by atoms with Gasteiger partial charge in [0.25, 0.3) is 5.19 Å². The zero-order valence-electron chi connectivity index (χ0n) is 19.4. The van der Waals surface area contributed by atoms with E-state index in [1.807, 2.05) is 6.26 Å². The van der Waals surface area contributed by atoms with Crippen molar-refractivity contribution in [2.45, 2.75) is 50.7 Å². The number of fused-ring (bicyclic) bond motifs is 1. The van der Waals surface area contributed by atoms with Crippen LogP contribution in [0.2, 0.25) is 0 Å². The first-order valence-electron chi connectivity index (χ1n) is 11.2. The van der Waals surface area contributed by atoms with E-state index >= 15 is 0 Å². The lowest BCUT2D eigenvalue weighted by Gasteiger charge is -2.33. The van der Waals surface area contributed by atoms with E-state index < -0.39 is 5.95 Å². The molecule has 0 aromatic carbocycles. The maximum absolute atomic E-state index is 14.4. The summed E-state index contributed by atoms with van der Waals surface area (Å²) in [6, 6.07) is 4.08. The van der Waals surface area contributed by atoms with Crippen LogP contribution in [0.5, 0.6) is 5.19 Å². The van der Waals surface area contributed by atoms with Crippen molar-refractivity contribution in [2.24, 2.45) is 5.92 Å². The highest BCUT2D eigenvalue weighted by molar-refractivity contribution is 7.98. The summed E-state index contributed by atoms with van der Waals surface area (Å²) in [6.07, 6.45) is 5.50. The van der Waals surface area contributed by atoms with Crippen LogP contribution in [0.25, 0.3) is 16.2 Å². The number of ether oxygens (including phenoxy) is 1. The summed E-state index contributed by atoms with van der Waals surface area (Å²) in [5.41, 5.74) is 0.866. The van der Waals surface area contributed by atoms with Crippen LogP contribution in [0.1, 0.15) is 45.4 Å². The van der Waals surface area contributed by atoms with E-state index in [4.69, 9.17) is 9.26 Å². The monoisotopic (exact) mass is 503 g/mol. The molecular formula is C22H26FN7O2S2. The molecule has 4 aromatic rings. The second kappa shape index (κ2) is 9.49. The van der Waals surface area contributed by atoms with Crippen molar-refractivity contribution >= 4 is 34.1 Å². The molecule has 5 heterocycles.